The second-order valence-electron chi connectivity index (χ2n) is 5.43. The minimum atomic E-state index is -3.61. The number of rotatable bonds is 6. The Morgan fingerprint density at radius 1 is 1.12 bits per heavy atom. The molecule has 1 heterocycles. The molecule has 5 nitrogen and oxygen atoms in total. The number of thiazole rings is 1. The van der Waals surface area contributed by atoms with Gasteiger partial charge in [0.15, 0.2) is 4.47 Å². The summed E-state index contributed by atoms with van der Waals surface area (Å²) >= 11 is 7.20. The minimum absolute atomic E-state index is 0.209. The van der Waals surface area contributed by atoms with Crippen LogP contribution in [0, 0.1) is 6.92 Å². The molecule has 0 aliphatic heterocycles. The zero-order valence-electron chi connectivity index (χ0n) is 13.4. The summed E-state index contributed by atoms with van der Waals surface area (Å²) in [6.45, 7) is 2.49. The van der Waals surface area contributed by atoms with Crippen molar-refractivity contribution in [1.82, 2.24) is 4.98 Å². The maximum atomic E-state index is 12.5. The first-order valence-corrected chi connectivity index (χ1v) is 10.1. The van der Waals surface area contributed by atoms with E-state index in [0.29, 0.717) is 16.7 Å². The summed E-state index contributed by atoms with van der Waals surface area (Å²) in [4.78, 5) is 5.19. The van der Waals surface area contributed by atoms with E-state index in [2.05, 4.69) is 15.0 Å². The summed E-state index contributed by atoms with van der Waals surface area (Å²) < 4.78 is 28.0. The van der Waals surface area contributed by atoms with Gasteiger partial charge in [-0.05, 0) is 48.9 Å². The predicted octanol–water partition coefficient (Wildman–Crippen LogP) is 4.52. The van der Waals surface area contributed by atoms with E-state index in [1.165, 1.54) is 11.3 Å². The van der Waals surface area contributed by atoms with E-state index in [-0.39, 0.29) is 4.90 Å². The third kappa shape index (κ3) is 4.72. The third-order valence-corrected chi connectivity index (χ3v) is 5.94. The van der Waals surface area contributed by atoms with Gasteiger partial charge in [0.25, 0.3) is 10.0 Å². The predicted molar refractivity (Wildman–Crippen MR) is 103 cm³/mol. The lowest BCUT2D eigenvalue weighted by Gasteiger charge is -2.10. The van der Waals surface area contributed by atoms with Crippen molar-refractivity contribution < 1.29 is 8.42 Å². The van der Waals surface area contributed by atoms with E-state index < -0.39 is 10.0 Å². The monoisotopic (exact) mass is 393 g/mol. The fourth-order valence-corrected chi connectivity index (χ4v) is 4.20. The highest BCUT2D eigenvalue weighted by molar-refractivity contribution is 7.92. The van der Waals surface area contributed by atoms with Gasteiger partial charge in [-0.1, -0.05) is 23.7 Å². The molecular formula is C17H16ClN3O2S2. The van der Waals surface area contributed by atoms with Gasteiger partial charge in [0, 0.05) is 22.4 Å². The summed E-state index contributed by atoms with van der Waals surface area (Å²) in [7, 11) is -3.61. The van der Waals surface area contributed by atoms with Crippen LogP contribution in [0.15, 0.2) is 59.6 Å². The van der Waals surface area contributed by atoms with E-state index in [0.717, 1.165) is 16.1 Å². The smallest absolute Gasteiger partial charge is 0.261 e. The first-order chi connectivity index (χ1) is 11.9. The molecule has 0 atom stereocenters. The molecule has 0 aliphatic rings. The van der Waals surface area contributed by atoms with Crippen molar-refractivity contribution in [3.63, 3.8) is 0 Å². The molecule has 2 aromatic carbocycles. The molecule has 1 aromatic heterocycles. The van der Waals surface area contributed by atoms with Crippen molar-refractivity contribution >= 4 is 44.3 Å². The van der Waals surface area contributed by atoms with Gasteiger partial charge in [-0.2, -0.15) is 0 Å². The number of anilines is 2. The van der Waals surface area contributed by atoms with Gasteiger partial charge in [0.1, 0.15) is 0 Å². The lowest BCUT2D eigenvalue weighted by molar-refractivity contribution is 0.601. The van der Waals surface area contributed by atoms with Crippen LogP contribution < -0.4 is 10.0 Å². The molecular weight excluding hydrogens is 378 g/mol. The molecule has 0 saturated heterocycles. The molecule has 0 spiro atoms. The molecule has 0 bridgehead atoms. The number of hydrogen-bond acceptors (Lipinski definition) is 5. The molecule has 25 heavy (non-hydrogen) atoms. The normalized spacial score (nSPS) is 11.3. The maximum Gasteiger partial charge on any atom is 0.261 e. The number of nitrogens with one attached hydrogen (secondary N) is 2. The van der Waals surface area contributed by atoms with Crippen molar-refractivity contribution in [2.24, 2.45) is 0 Å². The highest BCUT2D eigenvalue weighted by atomic mass is 35.5. The van der Waals surface area contributed by atoms with Gasteiger partial charge in [0.05, 0.1) is 11.4 Å². The van der Waals surface area contributed by atoms with Crippen LogP contribution in [0.2, 0.25) is 4.47 Å². The lowest BCUT2D eigenvalue weighted by atomic mass is 10.2. The Bertz CT molecular complexity index is 970. The Balaban J connectivity index is 1.68. The topological polar surface area (TPSA) is 71.1 Å². The molecule has 0 unspecified atom stereocenters. The molecule has 0 amide bonds. The van der Waals surface area contributed by atoms with Crippen molar-refractivity contribution in [3.8, 4) is 0 Å². The standard InChI is InChI=1S/C17H16ClN3O2S2/c1-12-3-2-4-14(9-12)21-25(22,23)16-7-5-13(6-8-16)19-10-15-11-20-17(18)24-15/h2-9,11,19,21H,10H2,1H3. The highest BCUT2D eigenvalue weighted by Crippen LogP contribution is 2.21. The Morgan fingerprint density at radius 3 is 2.52 bits per heavy atom. The first kappa shape index (κ1) is 17.7. The van der Waals surface area contributed by atoms with Gasteiger partial charge in [-0.3, -0.25) is 4.72 Å². The third-order valence-electron chi connectivity index (χ3n) is 3.43. The zero-order chi connectivity index (χ0) is 17.9. The first-order valence-electron chi connectivity index (χ1n) is 7.46. The van der Waals surface area contributed by atoms with Gasteiger partial charge in [-0.15, -0.1) is 11.3 Å². The summed E-state index contributed by atoms with van der Waals surface area (Å²) in [6, 6.07) is 13.8. The number of benzene rings is 2. The molecule has 2 N–H and O–H groups in total. The van der Waals surface area contributed by atoms with Crippen molar-refractivity contribution in [2.75, 3.05) is 10.0 Å². The van der Waals surface area contributed by atoms with E-state index in [4.69, 9.17) is 11.6 Å². The van der Waals surface area contributed by atoms with Crippen LogP contribution in [0.3, 0.4) is 0 Å². The number of halogens is 1. The molecule has 3 rings (SSSR count). The highest BCUT2D eigenvalue weighted by Gasteiger charge is 2.14. The molecule has 0 aliphatic carbocycles. The quantitative estimate of drug-likeness (QED) is 0.646. The number of aromatic nitrogens is 1. The molecule has 0 saturated carbocycles. The van der Waals surface area contributed by atoms with Crippen LogP contribution in [0.25, 0.3) is 0 Å². The van der Waals surface area contributed by atoms with E-state index in [9.17, 15) is 8.42 Å². The molecule has 8 heteroatoms. The van der Waals surface area contributed by atoms with Gasteiger partial charge < -0.3 is 5.32 Å². The van der Waals surface area contributed by atoms with Crippen LogP contribution in [-0.4, -0.2) is 13.4 Å². The average Bonchev–Trinajstić information content (AvgIpc) is 2.98. The summed E-state index contributed by atoms with van der Waals surface area (Å²) in [5.41, 5.74) is 2.35. The largest absolute Gasteiger partial charge is 0.380 e. The summed E-state index contributed by atoms with van der Waals surface area (Å²) in [6.07, 6.45) is 1.71. The van der Waals surface area contributed by atoms with E-state index in [1.807, 2.05) is 19.1 Å². The van der Waals surface area contributed by atoms with E-state index in [1.54, 1.807) is 42.6 Å². The number of hydrogen-bond donors (Lipinski definition) is 2. The Kier molecular flexibility index (Phi) is 5.27. The zero-order valence-corrected chi connectivity index (χ0v) is 15.8. The molecule has 0 radical (unpaired) electrons. The van der Waals surface area contributed by atoms with Crippen molar-refractivity contribution in [3.05, 3.63) is 69.6 Å². The van der Waals surface area contributed by atoms with Gasteiger partial charge in [0.2, 0.25) is 0 Å². The Hall–Kier alpha value is -2.09. The van der Waals surface area contributed by atoms with Crippen molar-refractivity contribution in [2.45, 2.75) is 18.4 Å². The fourth-order valence-electron chi connectivity index (χ4n) is 2.23. The molecule has 0 fully saturated rings. The Labute approximate surface area is 155 Å². The number of nitrogens with zero attached hydrogens (tertiary/aromatic N) is 1. The van der Waals surface area contributed by atoms with Crippen LogP contribution in [0.5, 0.6) is 0 Å². The SMILES string of the molecule is Cc1cccc(NS(=O)(=O)c2ccc(NCc3cnc(Cl)s3)cc2)c1. The van der Waals surface area contributed by atoms with Gasteiger partial charge in [-0.25, -0.2) is 13.4 Å². The summed E-state index contributed by atoms with van der Waals surface area (Å²) in [5, 5.41) is 3.21. The lowest BCUT2D eigenvalue weighted by Crippen LogP contribution is -2.13. The Morgan fingerprint density at radius 2 is 1.88 bits per heavy atom. The second kappa shape index (κ2) is 7.43. The fraction of sp³-hybridized carbons (Fsp3) is 0.118. The van der Waals surface area contributed by atoms with Gasteiger partial charge >= 0.3 is 0 Å². The summed E-state index contributed by atoms with van der Waals surface area (Å²) in [5.74, 6) is 0. The van der Waals surface area contributed by atoms with Crippen LogP contribution in [0.1, 0.15) is 10.4 Å². The van der Waals surface area contributed by atoms with Crippen LogP contribution in [0.4, 0.5) is 11.4 Å². The number of sulfonamides is 1. The van der Waals surface area contributed by atoms with Crippen LogP contribution in [-0.2, 0) is 16.6 Å². The average molecular weight is 394 g/mol. The second-order valence-corrected chi connectivity index (χ2v) is 8.81. The number of aryl methyl sites for hydroxylation is 1. The van der Waals surface area contributed by atoms with Crippen molar-refractivity contribution in [1.29, 1.82) is 0 Å². The molecule has 3 aromatic rings. The molecule has 130 valence electrons. The minimum Gasteiger partial charge on any atom is -0.380 e. The van der Waals surface area contributed by atoms with Crippen LogP contribution >= 0.6 is 22.9 Å². The maximum absolute atomic E-state index is 12.5. The van der Waals surface area contributed by atoms with E-state index >= 15 is 0 Å².